The molecule has 0 saturated carbocycles. The van der Waals surface area contributed by atoms with Crippen LogP contribution in [-0.2, 0) is 0 Å². The second kappa shape index (κ2) is 5.31. The van der Waals surface area contributed by atoms with Crippen LogP contribution in [0.1, 0.15) is 17.5 Å². The van der Waals surface area contributed by atoms with E-state index in [4.69, 9.17) is 10.5 Å². The van der Waals surface area contributed by atoms with Gasteiger partial charge in [0.05, 0.1) is 7.11 Å². The molecule has 1 aromatic carbocycles. The minimum atomic E-state index is 0.607. The van der Waals surface area contributed by atoms with Gasteiger partial charge in [0.2, 0.25) is 0 Å². The largest absolute Gasteiger partial charge is 0.497 e. The first-order valence-corrected chi connectivity index (χ1v) is 4.61. The summed E-state index contributed by atoms with van der Waals surface area (Å²) < 4.78 is 5.15. The zero-order valence-corrected chi connectivity index (χ0v) is 8.63. The minimum absolute atomic E-state index is 0.607. The van der Waals surface area contributed by atoms with Crippen LogP contribution in [0.5, 0.6) is 5.75 Å². The number of aryl methyl sites for hydroxylation is 1. The molecule has 0 spiro atoms. The van der Waals surface area contributed by atoms with Crippen LogP contribution in [0.15, 0.2) is 18.2 Å². The third-order valence-electron chi connectivity index (χ3n) is 1.79. The fourth-order valence-electron chi connectivity index (χ4n) is 1.17. The summed E-state index contributed by atoms with van der Waals surface area (Å²) in [5.41, 5.74) is 7.49. The van der Waals surface area contributed by atoms with Crippen LogP contribution in [0.25, 0.3) is 0 Å². The standard InChI is InChI=1S/C12H15NO/c1-10-7-11(5-3-4-6-13)9-12(8-10)14-2/h7-9H,4,6,13H2,1-2H3. The van der Waals surface area contributed by atoms with Crippen molar-refractivity contribution in [3.63, 3.8) is 0 Å². The topological polar surface area (TPSA) is 35.2 Å². The summed E-state index contributed by atoms with van der Waals surface area (Å²) in [5.74, 6) is 6.90. The Hall–Kier alpha value is -1.46. The highest BCUT2D eigenvalue weighted by Crippen LogP contribution is 2.15. The van der Waals surface area contributed by atoms with Crippen molar-refractivity contribution in [1.29, 1.82) is 0 Å². The lowest BCUT2D eigenvalue weighted by Gasteiger charge is -2.01. The molecule has 1 aromatic rings. The lowest BCUT2D eigenvalue weighted by Crippen LogP contribution is -1.95. The zero-order valence-electron chi connectivity index (χ0n) is 8.63. The highest BCUT2D eigenvalue weighted by atomic mass is 16.5. The summed E-state index contributed by atoms with van der Waals surface area (Å²) in [4.78, 5) is 0. The molecule has 74 valence electrons. The van der Waals surface area contributed by atoms with Gasteiger partial charge in [-0.2, -0.15) is 0 Å². The van der Waals surface area contributed by atoms with Crippen LogP contribution < -0.4 is 10.5 Å². The van der Waals surface area contributed by atoms with Gasteiger partial charge in [-0.15, -0.1) is 0 Å². The SMILES string of the molecule is COc1cc(C)cc(C#CCCN)c1. The normalized spacial score (nSPS) is 9.07. The molecule has 2 nitrogen and oxygen atoms in total. The molecule has 1 rings (SSSR count). The minimum Gasteiger partial charge on any atom is -0.497 e. The summed E-state index contributed by atoms with van der Waals surface area (Å²) in [7, 11) is 1.66. The van der Waals surface area contributed by atoms with Gasteiger partial charge >= 0.3 is 0 Å². The predicted octanol–water partition coefficient (Wildman–Crippen LogP) is 1.70. The van der Waals surface area contributed by atoms with Crippen LogP contribution >= 0.6 is 0 Å². The van der Waals surface area contributed by atoms with E-state index in [1.807, 2.05) is 25.1 Å². The molecule has 0 aromatic heterocycles. The molecule has 0 fully saturated rings. The van der Waals surface area contributed by atoms with Gasteiger partial charge in [0.1, 0.15) is 5.75 Å². The summed E-state index contributed by atoms with van der Waals surface area (Å²) in [6.45, 7) is 2.63. The molecular weight excluding hydrogens is 174 g/mol. The number of hydrogen-bond donors (Lipinski definition) is 1. The average molecular weight is 189 g/mol. The van der Waals surface area contributed by atoms with Gasteiger partial charge < -0.3 is 10.5 Å². The fourth-order valence-corrected chi connectivity index (χ4v) is 1.17. The molecule has 2 N–H and O–H groups in total. The van der Waals surface area contributed by atoms with Crippen LogP contribution in [0.2, 0.25) is 0 Å². The Morgan fingerprint density at radius 1 is 1.36 bits per heavy atom. The van der Waals surface area contributed by atoms with Crippen LogP contribution in [-0.4, -0.2) is 13.7 Å². The maximum absolute atomic E-state index is 5.35. The molecule has 0 heterocycles. The van der Waals surface area contributed by atoms with E-state index < -0.39 is 0 Å². The Balaban J connectivity index is 2.88. The molecule has 0 atom stereocenters. The molecule has 0 aliphatic rings. The highest BCUT2D eigenvalue weighted by Gasteiger charge is 1.95. The van der Waals surface area contributed by atoms with Crippen molar-refractivity contribution in [2.24, 2.45) is 5.73 Å². The van der Waals surface area contributed by atoms with E-state index in [9.17, 15) is 0 Å². The van der Waals surface area contributed by atoms with Crippen molar-refractivity contribution in [3.8, 4) is 17.6 Å². The molecule has 0 aliphatic carbocycles. The summed E-state index contributed by atoms with van der Waals surface area (Å²) in [5, 5.41) is 0. The van der Waals surface area contributed by atoms with E-state index >= 15 is 0 Å². The van der Waals surface area contributed by atoms with Crippen molar-refractivity contribution in [2.75, 3.05) is 13.7 Å². The molecule has 2 heteroatoms. The van der Waals surface area contributed by atoms with Gasteiger partial charge in [0.15, 0.2) is 0 Å². The lowest BCUT2D eigenvalue weighted by atomic mass is 10.1. The first-order chi connectivity index (χ1) is 6.76. The lowest BCUT2D eigenvalue weighted by molar-refractivity contribution is 0.414. The van der Waals surface area contributed by atoms with E-state index in [0.717, 1.165) is 23.3 Å². The number of hydrogen-bond acceptors (Lipinski definition) is 2. The molecule has 14 heavy (non-hydrogen) atoms. The van der Waals surface area contributed by atoms with E-state index in [0.29, 0.717) is 6.54 Å². The number of benzene rings is 1. The van der Waals surface area contributed by atoms with Crippen LogP contribution in [0.4, 0.5) is 0 Å². The average Bonchev–Trinajstić information content (AvgIpc) is 2.17. The van der Waals surface area contributed by atoms with E-state index in [2.05, 4.69) is 11.8 Å². The molecule has 0 unspecified atom stereocenters. The summed E-state index contributed by atoms with van der Waals surface area (Å²) in [6.07, 6.45) is 0.732. The Morgan fingerprint density at radius 2 is 2.14 bits per heavy atom. The molecule has 0 aliphatic heterocycles. The van der Waals surface area contributed by atoms with E-state index in [1.165, 1.54) is 0 Å². The van der Waals surface area contributed by atoms with Crippen LogP contribution in [0.3, 0.4) is 0 Å². The Bertz CT molecular complexity index is 360. The second-order valence-corrected chi connectivity index (χ2v) is 3.08. The first kappa shape index (κ1) is 10.6. The summed E-state index contributed by atoms with van der Waals surface area (Å²) in [6, 6.07) is 5.94. The fraction of sp³-hybridized carbons (Fsp3) is 0.333. The van der Waals surface area contributed by atoms with Crippen molar-refractivity contribution in [1.82, 2.24) is 0 Å². The quantitative estimate of drug-likeness (QED) is 0.719. The van der Waals surface area contributed by atoms with Crippen LogP contribution in [0, 0.1) is 18.8 Å². The Morgan fingerprint density at radius 3 is 2.79 bits per heavy atom. The Kier molecular flexibility index (Phi) is 4.03. The number of ether oxygens (including phenoxy) is 1. The van der Waals surface area contributed by atoms with Gasteiger partial charge in [0.25, 0.3) is 0 Å². The van der Waals surface area contributed by atoms with Gasteiger partial charge in [0, 0.05) is 18.5 Å². The van der Waals surface area contributed by atoms with Crippen molar-refractivity contribution in [3.05, 3.63) is 29.3 Å². The highest BCUT2D eigenvalue weighted by molar-refractivity contribution is 5.42. The molecule has 0 bridgehead atoms. The van der Waals surface area contributed by atoms with Crippen molar-refractivity contribution in [2.45, 2.75) is 13.3 Å². The van der Waals surface area contributed by atoms with E-state index in [1.54, 1.807) is 7.11 Å². The molecule has 0 amide bonds. The maximum atomic E-state index is 5.35. The smallest absolute Gasteiger partial charge is 0.120 e. The van der Waals surface area contributed by atoms with Crippen molar-refractivity contribution < 1.29 is 4.74 Å². The maximum Gasteiger partial charge on any atom is 0.120 e. The van der Waals surface area contributed by atoms with Crippen molar-refractivity contribution >= 4 is 0 Å². The molecule has 0 saturated heterocycles. The van der Waals surface area contributed by atoms with Gasteiger partial charge in [-0.1, -0.05) is 11.8 Å². The van der Waals surface area contributed by atoms with Gasteiger partial charge in [-0.25, -0.2) is 0 Å². The second-order valence-electron chi connectivity index (χ2n) is 3.08. The monoisotopic (exact) mass is 189 g/mol. The number of rotatable bonds is 2. The number of methoxy groups -OCH3 is 1. The van der Waals surface area contributed by atoms with Gasteiger partial charge in [-0.05, 0) is 30.7 Å². The third kappa shape index (κ3) is 3.12. The van der Waals surface area contributed by atoms with Gasteiger partial charge in [-0.3, -0.25) is 0 Å². The zero-order chi connectivity index (χ0) is 10.4. The molecular formula is C12H15NO. The first-order valence-electron chi connectivity index (χ1n) is 4.61. The predicted molar refractivity (Wildman–Crippen MR) is 58.3 cm³/mol. The third-order valence-corrected chi connectivity index (χ3v) is 1.79. The van der Waals surface area contributed by atoms with E-state index in [-0.39, 0.29) is 0 Å². The Labute approximate surface area is 85.1 Å². The summed E-state index contributed by atoms with van der Waals surface area (Å²) >= 11 is 0. The number of nitrogens with two attached hydrogens (primary N) is 1. The molecule has 0 radical (unpaired) electrons.